The van der Waals surface area contributed by atoms with Gasteiger partial charge >= 0.3 is 5.69 Å². The lowest BCUT2D eigenvalue weighted by Gasteiger charge is -2.05. The van der Waals surface area contributed by atoms with Gasteiger partial charge in [0.2, 0.25) is 0 Å². The van der Waals surface area contributed by atoms with E-state index in [9.17, 15) is 9.59 Å². The number of amides is 1. The van der Waals surface area contributed by atoms with Gasteiger partial charge in [-0.05, 0) is 30.7 Å². The zero-order valence-corrected chi connectivity index (χ0v) is 15.8. The van der Waals surface area contributed by atoms with Crippen LogP contribution in [0.2, 0.25) is 0 Å². The van der Waals surface area contributed by atoms with E-state index in [0.717, 1.165) is 22.3 Å². The Kier molecular flexibility index (Phi) is 4.57. The van der Waals surface area contributed by atoms with E-state index >= 15 is 0 Å². The van der Waals surface area contributed by atoms with Gasteiger partial charge in [-0.25, -0.2) is 4.79 Å². The molecular formula is C21H21N5O2. The number of para-hydroxylation sites is 2. The van der Waals surface area contributed by atoms with Gasteiger partial charge in [0.15, 0.2) is 5.69 Å². The van der Waals surface area contributed by atoms with Gasteiger partial charge in [0, 0.05) is 20.1 Å². The largest absolute Gasteiger partial charge is 0.349 e. The molecule has 2 heterocycles. The zero-order valence-electron chi connectivity index (χ0n) is 15.8. The molecule has 2 N–H and O–H groups in total. The van der Waals surface area contributed by atoms with Crippen LogP contribution in [0, 0.1) is 6.92 Å². The minimum atomic E-state index is -0.262. The summed E-state index contributed by atoms with van der Waals surface area (Å²) in [6, 6.07) is 17.3. The van der Waals surface area contributed by atoms with Crippen molar-refractivity contribution in [1.29, 1.82) is 0 Å². The summed E-state index contributed by atoms with van der Waals surface area (Å²) in [6.07, 6.45) is 0. The lowest BCUT2D eigenvalue weighted by atomic mass is 10.1. The summed E-state index contributed by atoms with van der Waals surface area (Å²) in [7, 11) is 1.82. The summed E-state index contributed by atoms with van der Waals surface area (Å²) in [5, 5.41) is 7.16. The van der Waals surface area contributed by atoms with Crippen molar-refractivity contribution in [3.63, 3.8) is 0 Å². The lowest BCUT2D eigenvalue weighted by Crippen LogP contribution is -2.30. The number of aryl methyl sites for hydroxylation is 2. The number of fused-ring (bicyclic) bond motifs is 1. The van der Waals surface area contributed by atoms with Crippen LogP contribution < -0.4 is 11.0 Å². The van der Waals surface area contributed by atoms with Crippen LogP contribution in [0.3, 0.4) is 0 Å². The number of benzene rings is 2. The molecule has 0 saturated carbocycles. The van der Waals surface area contributed by atoms with E-state index < -0.39 is 0 Å². The van der Waals surface area contributed by atoms with Crippen molar-refractivity contribution in [2.24, 2.45) is 7.05 Å². The highest BCUT2D eigenvalue weighted by atomic mass is 16.2. The molecule has 4 rings (SSSR count). The monoisotopic (exact) mass is 375 g/mol. The van der Waals surface area contributed by atoms with Crippen molar-refractivity contribution >= 4 is 16.9 Å². The van der Waals surface area contributed by atoms with Crippen molar-refractivity contribution in [2.45, 2.75) is 13.5 Å². The minimum Gasteiger partial charge on any atom is -0.349 e. The van der Waals surface area contributed by atoms with Crippen LogP contribution >= 0.6 is 0 Å². The van der Waals surface area contributed by atoms with Gasteiger partial charge in [-0.1, -0.05) is 42.0 Å². The van der Waals surface area contributed by atoms with E-state index in [-0.39, 0.29) is 11.6 Å². The second-order valence-electron chi connectivity index (χ2n) is 6.76. The normalized spacial score (nSPS) is 11.1. The first kappa shape index (κ1) is 17.8. The van der Waals surface area contributed by atoms with E-state index in [2.05, 4.69) is 15.4 Å². The number of rotatable bonds is 5. The Hall–Kier alpha value is -3.61. The topological polar surface area (TPSA) is 84.7 Å². The molecule has 2 aromatic heterocycles. The van der Waals surface area contributed by atoms with Crippen LogP contribution in [-0.2, 0) is 13.6 Å². The average Bonchev–Trinajstić information content (AvgIpc) is 3.22. The Balaban J connectivity index is 1.46. The summed E-state index contributed by atoms with van der Waals surface area (Å²) < 4.78 is 3.31. The molecule has 0 fully saturated rings. The zero-order chi connectivity index (χ0) is 19.7. The van der Waals surface area contributed by atoms with Crippen LogP contribution in [0.5, 0.6) is 0 Å². The number of H-pyrrole nitrogens is 1. The fraction of sp³-hybridized carbons (Fsp3) is 0.190. The van der Waals surface area contributed by atoms with E-state index in [1.807, 2.05) is 62.5 Å². The Labute approximate surface area is 161 Å². The second-order valence-corrected chi connectivity index (χ2v) is 6.76. The van der Waals surface area contributed by atoms with Crippen molar-refractivity contribution in [2.75, 3.05) is 6.54 Å². The number of aromatic nitrogens is 4. The predicted molar refractivity (Wildman–Crippen MR) is 108 cm³/mol. The molecule has 0 aliphatic heterocycles. The maximum absolute atomic E-state index is 12.5. The highest BCUT2D eigenvalue weighted by Crippen LogP contribution is 2.20. The molecular weight excluding hydrogens is 354 g/mol. The van der Waals surface area contributed by atoms with Gasteiger partial charge in [0.1, 0.15) is 0 Å². The summed E-state index contributed by atoms with van der Waals surface area (Å²) >= 11 is 0. The van der Waals surface area contributed by atoms with Crippen LogP contribution in [0.4, 0.5) is 0 Å². The number of carbonyl (C=O) groups is 1. The van der Waals surface area contributed by atoms with Crippen LogP contribution in [-0.4, -0.2) is 31.8 Å². The molecule has 2 aromatic carbocycles. The molecule has 0 aliphatic rings. The number of aromatic amines is 1. The third kappa shape index (κ3) is 3.34. The number of imidazole rings is 1. The average molecular weight is 375 g/mol. The van der Waals surface area contributed by atoms with E-state index in [1.54, 1.807) is 15.3 Å². The number of nitrogens with zero attached hydrogens (tertiary/aromatic N) is 3. The molecule has 0 radical (unpaired) electrons. The summed E-state index contributed by atoms with van der Waals surface area (Å²) in [6.45, 7) is 2.74. The molecule has 28 heavy (non-hydrogen) atoms. The molecule has 4 aromatic rings. The van der Waals surface area contributed by atoms with E-state index in [0.29, 0.717) is 18.8 Å². The van der Waals surface area contributed by atoms with Gasteiger partial charge < -0.3 is 10.3 Å². The standard InChI is InChI=1S/C21H21N5O2/c1-14-7-9-15(10-8-14)19-13-17(24-25(19)2)20(27)22-11-12-26-18-6-4-3-5-16(18)23-21(26)28/h3-10,13H,11-12H2,1-2H3,(H,22,27)(H,23,28). The number of hydrogen-bond donors (Lipinski definition) is 2. The van der Waals surface area contributed by atoms with E-state index in [1.165, 1.54) is 5.56 Å². The third-order valence-corrected chi connectivity index (χ3v) is 4.76. The van der Waals surface area contributed by atoms with Gasteiger partial charge in [0.05, 0.1) is 16.7 Å². The van der Waals surface area contributed by atoms with Gasteiger partial charge in [-0.15, -0.1) is 0 Å². The minimum absolute atomic E-state index is 0.185. The van der Waals surface area contributed by atoms with Gasteiger partial charge in [0.25, 0.3) is 5.91 Å². The predicted octanol–water partition coefficient (Wildman–Crippen LogP) is 2.47. The first-order valence-corrected chi connectivity index (χ1v) is 9.10. The highest BCUT2D eigenvalue weighted by molar-refractivity contribution is 5.93. The first-order chi connectivity index (χ1) is 13.5. The van der Waals surface area contributed by atoms with Crippen molar-refractivity contribution in [1.82, 2.24) is 24.6 Å². The van der Waals surface area contributed by atoms with Gasteiger partial charge in [-0.2, -0.15) is 5.10 Å². The van der Waals surface area contributed by atoms with Crippen molar-refractivity contribution in [3.8, 4) is 11.3 Å². The lowest BCUT2D eigenvalue weighted by molar-refractivity contribution is 0.0946. The Bertz CT molecular complexity index is 1200. The van der Waals surface area contributed by atoms with Crippen molar-refractivity contribution < 1.29 is 4.79 Å². The fourth-order valence-corrected chi connectivity index (χ4v) is 3.27. The number of carbonyl (C=O) groups excluding carboxylic acids is 1. The quantitative estimate of drug-likeness (QED) is 0.562. The first-order valence-electron chi connectivity index (χ1n) is 9.10. The molecule has 1 amide bonds. The summed E-state index contributed by atoms with van der Waals surface area (Å²) in [4.78, 5) is 27.4. The SMILES string of the molecule is Cc1ccc(-c2cc(C(=O)NCCn3c(=O)[nH]c4ccccc43)nn2C)cc1. The summed E-state index contributed by atoms with van der Waals surface area (Å²) in [5.74, 6) is -0.262. The number of hydrogen-bond acceptors (Lipinski definition) is 3. The highest BCUT2D eigenvalue weighted by Gasteiger charge is 2.14. The smallest absolute Gasteiger partial charge is 0.326 e. The third-order valence-electron chi connectivity index (χ3n) is 4.76. The van der Waals surface area contributed by atoms with Crippen LogP contribution in [0.15, 0.2) is 59.4 Å². The van der Waals surface area contributed by atoms with Crippen LogP contribution in [0.1, 0.15) is 16.1 Å². The molecule has 0 unspecified atom stereocenters. The van der Waals surface area contributed by atoms with Gasteiger partial charge in [-0.3, -0.25) is 14.0 Å². The molecule has 7 nitrogen and oxygen atoms in total. The Morgan fingerprint density at radius 2 is 1.89 bits per heavy atom. The maximum Gasteiger partial charge on any atom is 0.326 e. The van der Waals surface area contributed by atoms with Crippen molar-refractivity contribution in [3.05, 3.63) is 76.3 Å². The fourth-order valence-electron chi connectivity index (χ4n) is 3.27. The Morgan fingerprint density at radius 3 is 2.68 bits per heavy atom. The molecule has 7 heteroatoms. The van der Waals surface area contributed by atoms with Crippen LogP contribution in [0.25, 0.3) is 22.3 Å². The molecule has 0 bridgehead atoms. The molecule has 0 aliphatic carbocycles. The second kappa shape index (κ2) is 7.19. The molecule has 142 valence electrons. The Morgan fingerprint density at radius 1 is 1.14 bits per heavy atom. The summed E-state index contributed by atoms with van der Waals surface area (Å²) in [5.41, 5.74) is 4.83. The molecule has 0 saturated heterocycles. The van der Waals surface area contributed by atoms with E-state index in [4.69, 9.17) is 0 Å². The molecule has 0 spiro atoms. The number of nitrogens with one attached hydrogen (secondary N) is 2. The maximum atomic E-state index is 12.5. The molecule has 0 atom stereocenters.